The van der Waals surface area contributed by atoms with Gasteiger partial charge >= 0.3 is 0 Å². The van der Waals surface area contributed by atoms with Gasteiger partial charge in [0, 0.05) is 18.2 Å². The first-order valence-electron chi connectivity index (χ1n) is 12.8. The topological polar surface area (TPSA) is 105 Å². The van der Waals surface area contributed by atoms with Crippen LogP contribution in [0.5, 0.6) is 11.5 Å². The molecule has 0 aliphatic rings. The van der Waals surface area contributed by atoms with Crippen molar-refractivity contribution in [3.8, 4) is 11.5 Å². The van der Waals surface area contributed by atoms with Crippen LogP contribution in [0.3, 0.4) is 0 Å². The summed E-state index contributed by atoms with van der Waals surface area (Å²) in [5, 5.41) is 2.91. The highest BCUT2D eigenvalue weighted by atomic mass is 32.2. The highest BCUT2D eigenvalue weighted by Gasteiger charge is 2.33. The first kappa shape index (κ1) is 30.5. The molecule has 3 aromatic rings. The van der Waals surface area contributed by atoms with Crippen molar-refractivity contribution in [1.29, 1.82) is 0 Å². The van der Waals surface area contributed by atoms with Gasteiger partial charge in [0.1, 0.15) is 12.6 Å². The van der Waals surface area contributed by atoms with Crippen LogP contribution in [0.4, 0.5) is 5.69 Å². The summed E-state index contributed by atoms with van der Waals surface area (Å²) < 4.78 is 39.5. The molecule has 0 heterocycles. The molecule has 0 radical (unpaired) electrons. The Balaban J connectivity index is 2.07. The van der Waals surface area contributed by atoms with E-state index in [-0.39, 0.29) is 23.0 Å². The average molecular weight is 568 g/mol. The van der Waals surface area contributed by atoms with Crippen LogP contribution in [-0.2, 0) is 26.2 Å². The van der Waals surface area contributed by atoms with Crippen molar-refractivity contribution in [2.75, 3.05) is 25.1 Å². The number of methoxy groups -OCH3 is 2. The molecule has 0 fully saturated rings. The van der Waals surface area contributed by atoms with Crippen LogP contribution in [-0.4, -0.2) is 57.5 Å². The molecule has 0 aliphatic heterocycles. The van der Waals surface area contributed by atoms with Gasteiger partial charge in [-0.15, -0.1) is 0 Å². The third-order valence-corrected chi connectivity index (χ3v) is 7.91. The van der Waals surface area contributed by atoms with Gasteiger partial charge in [-0.25, -0.2) is 8.42 Å². The Hall–Kier alpha value is -4.05. The summed E-state index contributed by atoms with van der Waals surface area (Å²) in [6.45, 7) is 6.76. The fourth-order valence-corrected chi connectivity index (χ4v) is 5.49. The number of rotatable bonds is 11. The molecule has 9 nitrogen and oxygen atoms in total. The number of anilines is 1. The van der Waals surface area contributed by atoms with E-state index >= 15 is 0 Å². The molecule has 0 spiro atoms. The second kappa shape index (κ2) is 12.9. The molecule has 1 N–H and O–H groups in total. The Bertz CT molecular complexity index is 1410. The van der Waals surface area contributed by atoms with Crippen molar-refractivity contribution >= 4 is 27.5 Å². The van der Waals surface area contributed by atoms with Crippen molar-refractivity contribution < 1.29 is 27.5 Å². The third kappa shape index (κ3) is 7.53. The van der Waals surface area contributed by atoms with Crippen molar-refractivity contribution in [2.24, 2.45) is 0 Å². The standard InChI is InChI=1S/C30H37N3O6S/c1-22(29(35)31-30(2,3)4)32(20-23-13-9-7-10-14-23)28(34)21-33(40(36,37)25-15-11-8-12-16-25)24-17-18-26(38-5)27(19-24)39-6/h7-19,22H,20-21H2,1-6H3,(H,31,35)/t22-/m0/s1. The third-order valence-electron chi connectivity index (χ3n) is 6.13. The van der Waals surface area contributed by atoms with Gasteiger partial charge < -0.3 is 19.7 Å². The summed E-state index contributed by atoms with van der Waals surface area (Å²) in [5.74, 6) is -0.178. The lowest BCUT2D eigenvalue weighted by Crippen LogP contribution is -2.54. The van der Waals surface area contributed by atoms with Crippen LogP contribution < -0.4 is 19.1 Å². The van der Waals surface area contributed by atoms with Gasteiger partial charge in [-0.3, -0.25) is 13.9 Å². The molecule has 0 bridgehead atoms. The number of nitrogens with zero attached hydrogens (tertiary/aromatic N) is 2. The first-order chi connectivity index (χ1) is 18.9. The number of carbonyl (C=O) groups excluding carboxylic acids is 2. The molecule has 10 heteroatoms. The lowest BCUT2D eigenvalue weighted by Gasteiger charge is -2.33. The molecule has 3 rings (SSSR count). The number of hydrogen-bond donors (Lipinski definition) is 1. The molecular weight excluding hydrogens is 530 g/mol. The molecule has 0 unspecified atom stereocenters. The van der Waals surface area contributed by atoms with E-state index in [2.05, 4.69) is 5.32 Å². The van der Waals surface area contributed by atoms with Crippen LogP contribution in [0.15, 0.2) is 83.8 Å². The Kier molecular flexibility index (Phi) is 9.81. The molecule has 2 amide bonds. The highest BCUT2D eigenvalue weighted by Crippen LogP contribution is 2.34. The van der Waals surface area contributed by atoms with Gasteiger partial charge in [0.2, 0.25) is 11.8 Å². The van der Waals surface area contributed by atoms with E-state index in [0.29, 0.717) is 11.5 Å². The summed E-state index contributed by atoms with van der Waals surface area (Å²) in [5.41, 5.74) is 0.492. The summed E-state index contributed by atoms with van der Waals surface area (Å²) in [6, 6.07) is 20.9. The number of ether oxygens (including phenoxy) is 2. The van der Waals surface area contributed by atoms with Gasteiger partial charge in [-0.2, -0.15) is 0 Å². The fraction of sp³-hybridized carbons (Fsp3) is 0.333. The van der Waals surface area contributed by atoms with E-state index in [4.69, 9.17) is 9.47 Å². The zero-order valence-corrected chi connectivity index (χ0v) is 24.6. The van der Waals surface area contributed by atoms with Crippen molar-refractivity contribution in [3.63, 3.8) is 0 Å². The van der Waals surface area contributed by atoms with E-state index in [1.54, 1.807) is 37.3 Å². The van der Waals surface area contributed by atoms with Gasteiger partial charge in [0.15, 0.2) is 11.5 Å². The van der Waals surface area contributed by atoms with Crippen LogP contribution >= 0.6 is 0 Å². The molecule has 214 valence electrons. The zero-order chi connectivity index (χ0) is 29.5. The van der Waals surface area contributed by atoms with Crippen LogP contribution in [0, 0.1) is 0 Å². The second-order valence-electron chi connectivity index (χ2n) is 10.3. The maximum Gasteiger partial charge on any atom is 0.264 e. The molecule has 0 saturated carbocycles. The molecule has 0 aliphatic carbocycles. The number of carbonyl (C=O) groups is 2. The first-order valence-corrected chi connectivity index (χ1v) is 14.3. The normalized spacial score (nSPS) is 12.2. The number of nitrogens with one attached hydrogen (secondary N) is 1. The highest BCUT2D eigenvalue weighted by molar-refractivity contribution is 7.92. The molecular formula is C30H37N3O6S. The van der Waals surface area contributed by atoms with Gasteiger partial charge in [0.25, 0.3) is 10.0 Å². The van der Waals surface area contributed by atoms with Crippen LogP contribution in [0.2, 0.25) is 0 Å². The average Bonchev–Trinajstić information content (AvgIpc) is 2.93. The Labute approximate surface area is 236 Å². The summed E-state index contributed by atoms with van der Waals surface area (Å²) in [4.78, 5) is 28.6. The summed E-state index contributed by atoms with van der Waals surface area (Å²) >= 11 is 0. The SMILES string of the molecule is COc1ccc(N(CC(=O)N(Cc2ccccc2)[C@@H](C)C(=O)NC(C)(C)C)S(=O)(=O)c2ccccc2)cc1OC. The van der Waals surface area contributed by atoms with E-state index in [1.165, 1.54) is 37.3 Å². The predicted molar refractivity (Wildman–Crippen MR) is 155 cm³/mol. The summed E-state index contributed by atoms with van der Waals surface area (Å²) in [7, 11) is -1.26. The molecule has 40 heavy (non-hydrogen) atoms. The van der Waals surface area contributed by atoms with Crippen LogP contribution in [0.1, 0.15) is 33.3 Å². The van der Waals surface area contributed by atoms with Gasteiger partial charge in [-0.1, -0.05) is 48.5 Å². The lowest BCUT2D eigenvalue weighted by atomic mass is 10.1. The summed E-state index contributed by atoms with van der Waals surface area (Å²) in [6.07, 6.45) is 0. The Morgan fingerprint density at radius 2 is 1.45 bits per heavy atom. The zero-order valence-electron chi connectivity index (χ0n) is 23.7. The Morgan fingerprint density at radius 1 is 0.875 bits per heavy atom. The van der Waals surface area contributed by atoms with Gasteiger partial charge in [-0.05, 0) is 57.5 Å². The maximum absolute atomic E-state index is 14.0. The molecule has 3 aromatic carbocycles. The molecule has 0 aromatic heterocycles. The van der Waals surface area contributed by atoms with E-state index in [0.717, 1.165) is 9.87 Å². The minimum atomic E-state index is -4.19. The minimum absolute atomic E-state index is 0.0192. The van der Waals surface area contributed by atoms with E-state index < -0.39 is 34.1 Å². The minimum Gasteiger partial charge on any atom is -0.493 e. The maximum atomic E-state index is 14.0. The van der Waals surface area contributed by atoms with Gasteiger partial charge in [0.05, 0.1) is 24.8 Å². The number of amides is 2. The van der Waals surface area contributed by atoms with Crippen molar-refractivity contribution in [1.82, 2.24) is 10.2 Å². The number of sulfonamides is 1. The predicted octanol–water partition coefficient (Wildman–Crippen LogP) is 4.23. The molecule has 1 atom stereocenters. The van der Waals surface area contributed by atoms with Crippen LogP contribution in [0.25, 0.3) is 0 Å². The molecule has 0 saturated heterocycles. The lowest BCUT2D eigenvalue weighted by molar-refractivity contribution is -0.140. The van der Waals surface area contributed by atoms with E-state index in [1.807, 2.05) is 51.1 Å². The second-order valence-corrected chi connectivity index (χ2v) is 12.1. The number of benzene rings is 3. The Morgan fingerprint density at radius 3 is 2.00 bits per heavy atom. The quantitative estimate of drug-likeness (QED) is 0.372. The largest absolute Gasteiger partial charge is 0.493 e. The smallest absolute Gasteiger partial charge is 0.264 e. The fourth-order valence-electron chi connectivity index (χ4n) is 4.07. The monoisotopic (exact) mass is 567 g/mol. The van der Waals surface area contributed by atoms with Crippen molar-refractivity contribution in [2.45, 2.75) is 50.7 Å². The van der Waals surface area contributed by atoms with E-state index in [9.17, 15) is 18.0 Å². The number of hydrogen-bond acceptors (Lipinski definition) is 6. The van der Waals surface area contributed by atoms with Crippen molar-refractivity contribution in [3.05, 3.63) is 84.4 Å².